The number of carbonyl (C=O) groups is 1. The highest BCUT2D eigenvalue weighted by atomic mass is 79.9. The summed E-state index contributed by atoms with van der Waals surface area (Å²) in [6.45, 7) is 0. The molecule has 0 fully saturated rings. The molecule has 0 saturated heterocycles. The summed E-state index contributed by atoms with van der Waals surface area (Å²) < 4.78 is 0.915. The molecule has 0 bridgehead atoms. The van der Waals surface area contributed by atoms with Crippen LogP contribution >= 0.6 is 38.9 Å². The molecule has 1 unspecified atom stereocenters. The summed E-state index contributed by atoms with van der Waals surface area (Å²) >= 11 is 10.9. The maximum absolute atomic E-state index is 12.0. The zero-order valence-corrected chi connectivity index (χ0v) is 11.3. The first-order valence-electron chi connectivity index (χ1n) is 4.66. The third-order valence-corrected chi connectivity index (χ3v) is 4.29. The van der Waals surface area contributed by atoms with Crippen LogP contribution in [0.25, 0.3) is 0 Å². The Kier molecular flexibility index (Phi) is 3.79. The molecule has 0 amide bonds. The van der Waals surface area contributed by atoms with E-state index in [1.165, 1.54) is 11.3 Å². The normalized spacial score (nSPS) is 12.4. The number of carbonyl (C=O) groups excluding carboxylic acids is 1. The molecule has 0 aliphatic heterocycles. The molecule has 1 aromatic heterocycles. The zero-order chi connectivity index (χ0) is 11.5. The van der Waals surface area contributed by atoms with Gasteiger partial charge in [0.1, 0.15) is 5.38 Å². The van der Waals surface area contributed by atoms with Gasteiger partial charge in [0.15, 0.2) is 5.78 Å². The van der Waals surface area contributed by atoms with E-state index in [9.17, 15) is 4.79 Å². The second-order valence-corrected chi connectivity index (χ2v) is 5.53. The van der Waals surface area contributed by atoms with Crippen molar-refractivity contribution in [3.05, 3.63) is 56.7 Å². The second-order valence-electron chi connectivity index (χ2n) is 3.27. The Bertz CT molecular complexity index is 495. The van der Waals surface area contributed by atoms with Crippen molar-refractivity contribution in [2.45, 2.75) is 5.38 Å². The van der Waals surface area contributed by atoms with Crippen molar-refractivity contribution in [3.8, 4) is 0 Å². The van der Waals surface area contributed by atoms with Gasteiger partial charge in [0.2, 0.25) is 0 Å². The van der Waals surface area contributed by atoms with Crippen LogP contribution < -0.4 is 0 Å². The highest BCUT2D eigenvalue weighted by molar-refractivity contribution is 9.10. The van der Waals surface area contributed by atoms with Gasteiger partial charge in [-0.1, -0.05) is 30.3 Å². The summed E-state index contributed by atoms with van der Waals surface area (Å²) in [4.78, 5) is 12.7. The largest absolute Gasteiger partial charge is 0.291 e. The van der Waals surface area contributed by atoms with Gasteiger partial charge in [0, 0.05) is 9.85 Å². The molecular weight excluding hydrogens is 308 g/mol. The molecule has 16 heavy (non-hydrogen) atoms. The van der Waals surface area contributed by atoms with Crippen molar-refractivity contribution < 1.29 is 4.79 Å². The van der Waals surface area contributed by atoms with Crippen LogP contribution in [0.3, 0.4) is 0 Å². The lowest BCUT2D eigenvalue weighted by Gasteiger charge is -2.06. The van der Waals surface area contributed by atoms with Gasteiger partial charge in [0.05, 0.1) is 4.88 Å². The fourth-order valence-electron chi connectivity index (χ4n) is 1.34. The Morgan fingerprint density at radius 3 is 2.56 bits per heavy atom. The molecule has 0 spiro atoms. The summed E-state index contributed by atoms with van der Waals surface area (Å²) in [7, 11) is 0. The molecule has 2 rings (SSSR count). The van der Waals surface area contributed by atoms with E-state index in [0.29, 0.717) is 4.88 Å². The van der Waals surface area contributed by atoms with E-state index in [4.69, 9.17) is 11.6 Å². The van der Waals surface area contributed by atoms with E-state index < -0.39 is 5.38 Å². The van der Waals surface area contributed by atoms with Gasteiger partial charge in [-0.05, 0) is 27.6 Å². The van der Waals surface area contributed by atoms with Crippen LogP contribution in [0.15, 0.2) is 46.3 Å². The number of alkyl halides is 1. The maximum atomic E-state index is 12.0. The summed E-state index contributed by atoms with van der Waals surface area (Å²) in [5, 5.41) is 1.27. The predicted octanol–water partition coefficient (Wildman–Crippen LogP) is 4.67. The summed E-state index contributed by atoms with van der Waals surface area (Å²) in [6, 6.07) is 11.2. The van der Waals surface area contributed by atoms with E-state index >= 15 is 0 Å². The lowest BCUT2D eigenvalue weighted by molar-refractivity contribution is 0.0991. The molecule has 2 aromatic rings. The van der Waals surface area contributed by atoms with Crippen molar-refractivity contribution in [3.63, 3.8) is 0 Å². The number of thiophene rings is 1. The van der Waals surface area contributed by atoms with Crippen LogP contribution in [0.2, 0.25) is 0 Å². The monoisotopic (exact) mass is 314 g/mol. The molecule has 0 aliphatic carbocycles. The minimum absolute atomic E-state index is 0.0523. The number of hydrogen-bond donors (Lipinski definition) is 0. The minimum atomic E-state index is -0.605. The molecule has 1 atom stereocenters. The Labute approximate surface area is 111 Å². The molecule has 0 saturated carbocycles. The van der Waals surface area contributed by atoms with Crippen LogP contribution in [0.5, 0.6) is 0 Å². The van der Waals surface area contributed by atoms with Gasteiger partial charge >= 0.3 is 0 Å². The molecule has 1 nitrogen and oxygen atoms in total. The summed E-state index contributed by atoms with van der Waals surface area (Å²) in [5.74, 6) is -0.0523. The molecular formula is C12H8BrClOS. The average molecular weight is 316 g/mol. The molecule has 0 aliphatic rings. The second kappa shape index (κ2) is 5.13. The van der Waals surface area contributed by atoms with Crippen LogP contribution in [0, 0.1) is 0 Å². The lowest BCUT2D eigenvalue weighted by Crippen LogP contribution is -2.05. The van der Waals surface area contributed by atoms with E-state index in [0.717, 1.165) is 10.0 Å². The van der Waals surface area contributed by atoms with Crippen molar-refractivity contribution in [1.82, 2.24) is 0 Å². The van der Waals surface area contributed by atoms with Crippen LogP contribution in [0.1, 0.15) is 20.6 Å². The quantitative estimate of drug-likeness (QED) is 0.594. The van der Waals surface area contributed by atoms with E-state index in [-0.39, 0.29) is 5.78 Å². The van der Waals surface area contributed by atoms with Gasteiger partial charge in [-0.25, -0.2) is 0 Å². The van der Waals surface area contributed by atoms with Crippen LogP contribution in [-0.4, -0.2) is 5.78 Å². The van der Waals surface area contributed by atoms with Gasteiger partial charge in [-0.15, -0.1) is 22.9 Å². The molecule has 4 heteroatoms. The number of hydrogen-bond acceptors (Lipinski definition) is 2. The fourth-order valence-corrected chi connectivity index (χ4v) is 3.07. The van der Waals surface area contributed by atoms with Crippen molar-refractivity contribution in [2.24, 2.45) is 0 Å². The highest BCUT2D eigenvalue weighted by Crippen LogP contribution is 2.29. The SMILES string of the molecule is O=C(c1cc(Br)cs1)C(Cl)c1ccccc1. The first kappa shape index (κ1) is 11.8. The van der Waals surface area contributed by atoms with Crippen LogP contribution in [0.4, 0.5) is 0 Å². The predicted molar refractivity (Wildman–Crippen MR) is 71.4 cm³/mol. The lowest BCUT2D eigenvalue weighted by atomic mass is 10.1. The van der Waals surface area contributed by atoms with E-state index in [1.807, 2.05) is 35.7 Å². The third-order valence-electron chi connectivity index (χ3n) is 2.13. The molecule has 1 aromatic carbocycles. The molecule has 82 valence electrons. The van der Waals surface area contributed by atoms with E-state index in [2.05, 4.69) is 15.9 Å². The zero-order valence-electron chi connectivity index (χ0n) is 8.19. The number of benzene rings is 1. The van der Waals surface area contributed by atoms with Crippen molar-refractivity contribution in [1.29, 1.82) is 0 Å². The van der Waals surface area contributed by atoms with Gasteiger partial charge < -0.3 is 0 Å². The third kappa shape index (κ3) is 2.54. The topological polar surface area (TPSA) is 17.1 Å². The number of Topliss-reactive ketones (excluding diaryl/α,β-unsaturated/α-hetero) is 1. The van der Waals surface area contributed by atoms with Crippen molar-refractivity contribution in [2.75, 3.05) is 0 Å². The Balaban J connectivity index is 2.23. The first-order valence-corrected chi connectivity index (χ1v) is 6.76. The Hall–Kier alpha value is -0.640. The number of ketones is 1. The van der Waals surface area contributed by atoms with Crippen LogP contribution in [-0.2, 0) is 0 Å². The minimum Gasteiger partial charge on any atom is -0.291 e. The standard InChI is InChI=1S/C12H8BrClOS/c13-9-6-10(16-7-9)12(15)11(14)8-4-2-1-3-5-8/h1-7,11H. The smallest absolute Gasteiger partial charge is 0.195 e. The highest BCUT2D eigenvalue weighted by Gasteiger charge is 2.20. The Morgan fingerprint density at radius 2 is 2.00 bits per heavy atom. The Morgan fingerprint density at radius 1 is 1.31 bits per heavy atom. The summed E-state index contributed by atoms with van der Waals surface area (Å²) in [6.07, 6.45) is 0. The molecule has 0 N–H and O–H groups in total. The van der Waals surface area contributed by atoms with Gasteiger partial charge in [-0.3, -0.25) is 4.79 Å². The average Bonchev–Trinajstić information content (AvgIpc) is 2.75. The van der Waals surface area contributed by atoms with E-state index in [1.54, 1.807) is 6.07 Å². The number of rotatable bonds is 3. The van der Waals surface area contributed by atoms with Gasteiger partial charge in [0.25, 0.3) is 0 Å². The van der Waals surface area contributed by atoms with Gasteiger partial charge in [-0.2, -0.15) is 0 Å². The maximum Gasteiger partial charge on any atom is 0.195 e. The summed E-state index contributed by atoms with van der Waals surface area (Å²) in [5.41, 5.74) is 0.832. The number of halogens is 2. The van der Waals surface area contributed by atoms with Crippen molar-refractivity contribution >= 4 is 44.7 Å². The fraction of sp³-hybridized carbons (Fsp3) is 0.0833. The first-order chi connectivity index (χ1) is 7.68. The molecule has 1 heterocycles. The molecule has 0 radical (unpaired) electrons.